The Balaban J connectivity index is 2.67. The van der Waals surface area contributed by atoms with Crippen LogP contribution in [-0.4, -0.2) is 18.7 Å². The number of para-hydroxylation sites is 1. The number of benzene rings is 1. The molecule has 1 rings (SSSR count). The van der Waals surface area contributed by atoms with E-state index in [-0.39, 0.29) is 0 Å². The summed E-state index contributed by atoms with van der Waals surface area (Å²) in [5.41, 5.74) is -0.907. The van der Waals surface area contributed by atoms with Crippen molar-refractivity contribution in [3.05, 3.63) is 30.3 Å². The van der Waals surface area contributed by atoms with Crippen molar-refractivity contribution < 1.29 is 14.3 Å². The van der Waals surface area contributed by atoms with Gasteiger partial charge in [0.25, 0.3) is 0 Å². The highest BCUT2D eigenvalue weighted by Crippen LogP contribution is 2.15. The van der Waals surface area contributed by atoms with E-state index in [4.69, 9.17) is 9.47 Å². The van der Waals surface area contributed by atoms with E-state index in [1.54, 1.807) is 26.0 Å². The first-order valence-corrected chi connectivity index (χ1v) is 4.39. The molecular weight excluding hydrogens is 180 g/mol. The van der Waals surface area contributed by atoms with Gasteiger partial charge in [-0.2, -0.15) is 0 Å². The Morgan fingerprint density at radius 3 is 2.29 bits per heavy atom. The van der Waals surface area contributed by atoms with Gasteiger partial charge in [-0.1, -0.05) is 18.2 Å². The topological polar surface area (TPSA) is 35.5 Å². The van der Waals surface area contributed by atoms with E-state index in [9.17, 15) is 4.79 Å². The zero-order valence-electron chi connectivity index (χ0n) is 8.61. The van der Waals surface area contributed by atoms with Gasteiger partial charge in [0, 0.05) is 7.11 Å². The Labute approximate surface area is 83.6 Å². The molecule has 0 saturated carbocycles. The smallest absolute Gasteiger partial charge is 0.343 e. The van der Waals surface area contributed by atoms with Crippen molar-refractivity contribution in [1.82, 2.24) is 0 Å². The van der Waals surface area contributed by atoms with Crippen molar-refractivity contribution in [2.75, 3.05) is 7.11 Å². The molecule has 14 heavy (non-hydrogen) atoms. The van der Waals surface area contributed by atoms with Gasteiger partial charge in [0.1, 0.15) is 5.75 Å². The number of carbonyl (C=O) groups excluding carboxylic acids is 1. The maximum Gasteiger partial charge on any atom is 0.343 e. The average molecular weight is 194 g/mol. The molecule has 0 fully saturated rings. The van der Waals surface area contributed by atoms with E-state index >= 15 is 0 Å². The van der Waals surface area contributed by atoms with Crippen molar-refractivity contribution in [2.24, 2.45) is 0 Å². The number of ether oxygens (including phenoxy) is 2. The minimum absolute atomic E-state index is 0.397. The molecule has 0 bridgehead atoms. The van der Waals surface area contributed by atoms with E-state index in [1.165, 1.54) is 7.11 Å². The van der Waals surface area contributed by atoms with Crippen LogP contribution in [0.15, 0.2) is 30.3 Å². The number of hydrogen-bond acceptors (Lipinski definition) is 3. The van der Waals surface area contributed by atoms with Crippen LogP contribution in [0.4, 0.5) is 0 Å². The lowest BCUT2D eigenvalue weighted by molar-refractivity contribution is -0.154. The molecule has 0 aromatic heterocycles. The third kappa shape index (κ3) is 2.57. The van der Waals surface area contributed by atoms with Gasteiger partial charge in [0.2, 0.25) is 0 Å². The summed E-state index contributed by atoms with van der Waals surface area (Å²) in [7, 11) is 1.48. The summed E-state index contributed by atoms with van der Waals surface area (Å²) in [4.78, 5) is 11.5. The summed E-state index contributed by atoms with van der Waals surface area (Å²) in [6, 6.07) is 8.93. The fourth-order valence-electron chi connectivity index (χ4n) is 0.802. The van der Waals surface area contributed by atoms with Crippen LogP contribution in [0.5, 0.6) is 5.75 Å². The lowest BCUT2D eigenvalue weighted by Gasteiger charge is -2.20. The summed E-state index contributed by atoms with van der Waals surface area (Å²) in [6.07, 6.45) is 0. The van der Waals surface area contributed by atoms with Gasteiger partial charge in [-0.25, -0.2) is 4.79 Å². The van der Waals surface area contributed by atoms with Gasteiger partial charge in [-0.3, -0.25) is 0 Å². The van der Waals surface area contributed by atoms with Crippen LogP contribution in [0.3, 0.4) is 0 Å². The molecule has 1 aromatic carbocycles. The minimum atomic E-state index is -0.907. The second-order valence-electron chi connectivity index (χ2n) is 3.42. The van der Waals surface area contributed by atoms with Crippen molar-refractivity contribution in [3.63, 3.8) is 0 Å². The lowest BCUT2D eigenvalue weighted by atomic mass is 10.1. The van der Waals surface area contributed by atoms with E-state index in [0.29, 0.717) is 5.75 Å². The van der Waals surface area contributed by atoms with Crippen LogP contribution in [0.2, 0.25) is 0 Å². The van der Waals surface area contributed by atoms with Crippen molar-refractivity contribution in [1.29, 1.82) is 0 Å². The predicted octanol–water partition coefficient (Wildman–Crippen LogP) is 2.02. The van der Waals surface area contributed by atoms with Gasteiger partial charge in [-0.15, -0.1) is 0 Å². The fraction of sp³-hybridized carbons (Fsp3) is 0.364. The van der Waals surface area contributed by atoms with E-state index < -0.39 is 11.6 Å². The summed E-state index contributed by atoms with van der Waals surface area (Å²) in [6.45, 7) is 3.33. The third-order valence-corrected chi connectivity index (χ3v) is 1.96. The maximum absolute atomic E-state index is 11.5. The number of rotatable bonds is 3. The molecule has 0 unspecified atom stereocenters. The van der Waals surface area contributed by atoms with Crippen LogP contribution >= 0.6 is 0 Å². The molecule has 0 heterocycles. The van der Waals surface area contributed by atoms with Crippen LogP contribution in [0.25, 0.3) is 0 Å². The van der Waals surface area contributed by atoms with Crippen LogP contribution in [0.1, 0.15) is 13.8 Å². The van der Waals surface area contributed by atoms with Crippen LogP contribution < -0.4 is 4.74 Å². The first-order valence-electron chi connectivity index (χ1n) is 4.39. The number of methoxy groups -OCH3 is 1. The van der Waals surface area contributed by atoms with E-state index in [1.807, 2.05) is 18.2 Å². The first kappa shape index (κ1) is 10.7. The summed E-state index contributed by atoms with van der Waals surface area (Å²) in [5, 5.41) is 0. The molecule has 0 N–H and O–H groups in total. The molecule has 0 amide bonds. The lowest BCUT2D eigenvalue weighted by Crippen LogP contribution is -2.37. The van der Waals surface area contributed by atoms with Crippen LogP contribution in [0, 0.1) is 0 Å². The van der Waals surface area contributed by atoms with Gasteiger partial charge in [0.15, 0.2) is 5.60 Å². The Morgan fingerprint density at radius 1 is 1.21 bits per heavy atom. The van der Waals surface area contributed by atoms with Crippen molar-refractivity contribution in [3.8, 4) is 5.75 Å². The molecule has 0 atom stereocenters. The molecule has 0 spiro atoms. The zero-order chi connectivity index (χ0) is 10.6. The summed E-state index contributed by atoms with van der Waals surface area (Å²) in [5.74, 6) is 0.133. The molecule has 0 aliphatic heterocycles. The molecular formula is C11H14O3. The average Bonchev–Trinajstić information content (AvgIpc) is 2.19. The monoisotopic (exact) mass is 194 g/mol. The second-order valence-corrected chi connectivity index (χ2v) is 3.42. The fourth-order valence-corrected chi connectivity index (χ4v) is 0.802. The quantitative estimate of drug-likeness (QED) is 0.545. The zero-order valence-corrected chi connectivity index (χ0v) is 8.61. The number of hydrogen-bond donors (Lipinski definition) is 0. The largest absolute Gasteiger partial charge is 0.424 e. The van der Waals surface area contributed by atoms with E-state index in [2.05, 4.69) is 0 Å². The Bertz CT molecular complexity index is 304. The van der Waals surface area contributed by atoms with Gasteiger partial charge >= 0.3 is 5.97 Å². The predicted molar refractivity (Wildman–Crippen MR) is 53.2 cm³/mol. The SMILES string of the molecule is COC(C)(C)C(=O)Oc1ccccc1. The molecule has 3 heteroatoms. The maximum atomic E-state index is 11.5. The van der Waals surface area contributed by atoms with Crippen LogP contribution in [-0.2, 0) is 9.53 Å². The minimum Gasteiger partial charge on any atom is -0.424 e. The molecule has 0 aliphatic carbocycles. The highest BCUT2D eigenvalue weighted by Gasteiger charge is 2.29. The Kier molecular flexibility index (Phi) is 3.25. The van der Waals surface area contributed by atoms with Gasteiger partial charge < -0.3 is 9.47 Å². The number of esters is 1. The highest BCUT2D eigenvalue weighted by atomic mass is 16.6. The molecule has 3 nitrogen and oxygen atoms in total. The van der Waals surface area contributed by atoms with Crippen molar-refractivity contribution >= 4 is 5.97 Å². The molecule has 76 valence electrons. The Hall–Kier alpha value is -1.35. The van der Waals surface area contributed by atoms with Gasteiger partial charge in [0.05, 0.1) is 0 Å². The molecule has 0 saturated heterocycles. The third-order valence-electron chi connectivity index (χ3n) is 1.96. The number of carbonyl (C=O) groups is 1. The van der Waals surface area contributed by atoms with E-state index in [0.717, 1.165) is 0 Å². The standard InChI is InChI=1S/C11H14O3/c1-11(2,13-3)10(12)14-9-7-5-4-6-8-9/h4-8H,1-3H3. The molecule has 1 aromatic rings. The molecule has 0 radical (unpaired) electrons. The first-order chi connectivity index (χ1) is 6.56. The normalized spacial score (nSPS) is 11.1. The summed E-state index contributed by atoms with van der Waals surface area (Å²) < 4.78 is 10.1. The van der Waals surface area contributed by atoms with Gasteiger partial charge in [-0.05, 0) is 26.0 Å². The second kappa shape index (κ2) is 4.24. The summed E-state index contributed by atoms with van der Waals surface area (Å²) >= 11 is 0. The van der Waals surface area contributed by atoms with Crippen molar-refractivity contribution in [2.45, 2.75) is 19.4 Å². The highest BCUT2D eigenvalue weighted by molar-refractivity contribution is 5.80. The Morgan fingerprint density at radius 2 is 1.79 bits per heavy atom. The molecule has 0 aliphatic rings.